The van der Waals surface area contributed by atoms with E-state index in [-0.39, 0.29) is 17.0 Å². The third kappa shape index (κ3) is 3.09. The van der Waals surface area contributed by atoms with Crippen molar-refractivity contribution in [2.24, 2.45) is 0 Å². The van der Waals surface area contributed by atoms with Gasteiger partial charge in [-0.2, -0.15) is 13.2 Å². The number of anilines is 1. The molecule has 0 heterocycles. The van der Waals surface area contributed by atoms with Crippen LogP contribution < -0.4 is 5.32 Å². The van der Waals surface area contributed by atoms with Gasteiger partial charge in [0.1, 0.15) is 5.75 Å². The summed E-state index contributed by atoms with van der Waals surface area (Å²) < 4.78 is 38.3. The van der Waals surface area contributed by atoms with Crippen LogP contribution in [0, 0.1) is 0 Å². The number of alkyl halides is 3. The Morgan fingerprint density at radius 1 is 1.05 bits per heavy atom. The summed E-state index contributed by atoms with van der Waals surface area (Å²) in [5.41, 5.74) is -1.18. The lowest BCUT2D eigenvalue weighted by atomic mass is 10.1. The van der Waals surface area contributed by atoms with E-state index in [2.05, 4.69) is 5.32 Å². The quantitative estimate of drug-likeness (QED) is 0.882. The number of phenolic OH excluding ortho intramolecular Hbond substituents is 1. The van der Waals surface area contributed by atoms with Gasteiger partial charge in [0.05, 0.1) is 11.3 Å². The molecule has 3 nitrogen and oxygen atoms in total. The molecular weight excluding hydrogens is 271 g/mol. The molecular formula is C14H10F3NO2. The maximum Gasteiger partial charge on any atom is 0.418 e. The molecule has 104 valence electrons. The number of carbonyl (C=O) groups excluding carboxylic acids is 1. The standard InChI is InChI=1S/C14H10F3NO2/c15-14(16,17)11-6-1-2-7-12(11)18-13(20)9-4-3-5-10(19)8-9/h1-8,19H,(H,18,20). The number of aromatic hydroxyl groups is 1. The molecule has 0 bridgehead atoms. The van der Waals surface area contributed by atoms with Crippen LogP contribution >= 0.6 is 0 Å². The summed E-state index contributed by atoms with van der Waals surface area (Å²) in [6.07, 6.45) is -4.55. The first-order valence-corrected chi connectivity index (χ1v) is 5.64. The maximum absolute atomic E-state index is 12.8. The van der Waals surface area contributed by atoms with E-state index in [1.165, 1.54) is 42.5 Å². The minimum Gasteiger partial charge on any atom is -0.508 e. The maximum atomic E-state index is 12.8. The molecule has 0 atom stereocenters. The highest BCUT2D eigenvalue weighted by atomic mass is 19.4. The summed E-state index contributed by atoms with van der Waals surface area (Å²) in [5, 5.41) is 11.4. The van der Waals surface area contributed by atoms with Crippen LogP contribution in [0.2, 0.25) is 0 Å². The predicted molar refractivity (Wildman–Crippen MR) is 67.5 cm³/mol. The van der Waals surface area contributed by atoms with Gasteiger partial charge in [0.25, 0.3) is 5.91 Å². The molecule has 6 heteroatoms. The minimum absolute atomic E-state index is 0.0713. The number of hydrogen-bond acceptors (Lipinski definition) is 2. The van der Waals surface area contributed by atoms with Crippen LogP contribution in [0.3, 0.4) is 0 Å². The molecule has 2 aromatic rings. The van der Waals surface area contributed by atoms with Crippen LogP contribution in [0.5, 0.6) is 5.75 Å². The zero-order valence-corrected chi connectivity index (χ0v) is 10.1. The predicted octanol–water partition coefficient (Wildman–Crippen LogP) is 3.66. The normalized spacial score (nSPS) is 11.2. The van der Waals surface area contributed by atoms with Crippen molar-refractivity contribution in [3.8, 4) is 5.75 Å². The van der Waals surface area contributed by atoms with Gasteiger partial charge in [0, 0.05) is 5.56 Å². The first kappa shape index (κ1) is 13.9. The Morgan fingerprint density at radius 2 is 1.75 bits per heavy atom. The van der Waals surface area contributed by atoms with Gasteiger partial charge in [-0.05, 0) is 30.3 Å². The lowest BCUT2D eigenvalue weighted by Crippen LogP contribution is -2.16. The van der Waals surface area contributed by atoms with Gasteiger partial charge in [-0.3, -0.25) is 4.79 Å². The lowest BCUT2D eigenvalue weighted by Gasteiger charge is -2.13. The van der Waals surface area contributed by atoms with Crippen LogP contribution in [0.25, 0.3) is 0 Å². The average Bonchev–Trinajstić information content (AvgIpc) is 2.38. The fraction of sp³-hybridized carbons (Fsp3) is 0.0714. The van der Waals surface area contributed by atoms with Gasteiger partial charge in [-0.15, -0.1) is 0 Å². The van der Waals surface area contributed by atoms with Crippen molar-refractivity contribution < 1.29 is 23.1 Å². The van der Waals surface area contributed by atoms with Crippen LogP contribution in [-0.2, 0) is 6.18 Å². The fourth-order valence-electron chi connectivity index (χ4n) is 1.68. The van der Waals surface area contributed by atoms with E-state index < -0.39 is 17.6 Å². The molecule has 0 saturated carbocycles. The number of hydrogen-bond donors (Lipinski definition) is 2. The Bertz CT molecular complexity index is 638. The van der Waals surface area contributed by atoms with Gasteiger partial charge in [-0.1, -0.05) is 18.2 Å². The largest absolute Gasteiger partial charge is 0.508 e. The van der Waals surface area contributed by atoms with Crippen LogP contribution in [0.1, 0.15) is 15.9 Å². The number of para-hydroxylation sites is 1. The zero-order chi connectivity index (χ0) is 14.8. The topological polar surface area (TPSA) is 49.3 Å². The number of amides is 1. The average molecular weight is 281 g/mol. The van der Waals surface area contributed by atoms with E-state index in [1.54, 1.807) is 0 Å². The molecule has 2 N–H and O–H groups in total. The molecule has 0 aliphatic heterocycles. The second-order valence-electron chi connectivity index (χ2n) is 4.05. The summed E-state index contributed by atoms with van der Waals surface area (Å²) in [4.78, 5) is 11.9. The number of benzene rings is 2. The smallest absolute Gasteiger partial charge is 0.418 e. The van der Waals surface area contributed by atoms with Crippen LogP contribution in [0.15, 0.2) is 48.5 Å². The second-order valence-corrected chi connectivity index (χ2v) is 4.05. The Balaban J connectivity index is 2.29. The first-order chi connectivity index (χ1) is 9.38. The first-order valence-electron chi connectivity index (χ1n) is 5.64. The van der Waals surface area contributed by atoms with E-state index in [0.29, 0.717) is 0 Å². The molecule has 20 heavy (non-hydrogen) atoms. The third-order valence-electron chi connectivity index (χ3n) is 2.59. The Morgan fingerprint density at radius 3 is 2.40 bits per heavy atom. The van der Waals surface area contributed by atoms with Crippen molar-refractivity contribution in [1.82, 2.24) is 0 Å². The van der Waals surface area contributed by atoms with Crippen LogP contribution in [-0.4, -0.2) is 11.0 Å². The minimum atomic E-state index is -4.55. The lowest BCUT2D eigenvalue weighted by molar-refractivity contribution is -0.136. The molecule has 0 radical (unpaired) electrons. The molecule has 0 unspecified atom stereocenters. The second kappa shape index (κ2) is 5.24. The van der Waals surface area contributed by atoms with E-state index in [9.17, 15) is 23.1 Å². The van der Waals surface area contributed by atoms with Crippen molar-refractivity contribution >= 4 is 11.6 Å². The van der Waals surface area contributed by atoms with Gasteiger partial charge >= 0.3 is 6.18 Å². The van der Waals surface area contributed by atoms with E-state index in [0.717, 1.165) is 6.07 Å². The molecule has 2 rings (SSSR count). The highest BCUT2D eigenvalue weighted by molar-refractivity contribution is 6.04. The summed E-state index contributed by atoms with van der Waals surface area (Å²) >= 11 is 0. The van der Waals surface area contributed by atoms with Crippen molar-refractivity contribution in [2.45, 2.75) is 6.18 Å². The van der Waals surface area contributed by atoms with Crippen LogP contribution in [0.4, 0.5) is 18.9 Å². The van der Waals surface area contributed by atoms with Gasteiger partial charge in [-0.25, -0.2) is 0 Å². The SMILES string of the molecule is O=C(Nc1ccccc1C(F)(F)F)c1cccc(O)c1. The van der Waals surface area contributed by atoms with Gasteiger partial charge < -0.3 is 10.4 Å². The van der Waals surface area contributed by atoms with E-state index in [4.69, 9.17) is 0 Å². The Hall–Kier alpha value is -2.50. The summed E-state index contributed by atoms with van der Waals surface area (Å²) in [6, 6.07) is 10.1. The summed E-state index contributed by atoms with van der Waals surface area (Å²) in [5.74, 6) is -0.862. The number of phenols is 1. The summed E-state index contributed by atoms with van der Waals surface area (Å²) in [6.45, 7) is 0. The summed E-state index contributed by atoms with van der Waals surface area (Å²) in [7, 11) is 0. The molecule has 0 spiro atoms. The zero-order valence-electron chi connectivity index (χ0n) is 10.1. The number of halogens is 3. The third-order valence-corrected chi connectivity index (χ3v) is 2.59. The highest BCUT2D eigenvalue weighted by Gasteiger charge is 2.33. The molecule has 0 aliphatic carbocycles. The molecule has 0 aliphatic rings. The van der Waals surface area contributed by atoms with Crippen molar-refractivity contribution in [2.75, 3.05) is 5.32 Å². The Kier molecular flexibility index (Phi) is 3.65. The van der Waals surface area contributed by atoms with Crippen molar-refractivity contribution in [3.63, 3.8) is 0 Å². The number of rotatable bonds is 2. The fourth-order valence-corrected chi connectivity index (χ4v) is 1.68. The van der Waals surface area contributed by atoms with Crippen molar-refractivity contribution in [1.29, 1.82) is 0 Å². The highest BCUT2D eigenvalue weighted by Crippen LogP contribution is 2.34. The molecule has 0 aromatic heterocycles. The van der Waals surface area contributed by atoms with E-state index >= 15 is 0 Å². The van der Waals surface area contributed by atoms with Gasteiger partial charge in [0.15, 0.2) is 0 Å². The van der Waals surface area contributed by atoms with Crippen molar-refractivity contribution in [3.05, 3.63) is 59.7 Å². The monoisotopic (exact) mass is 281 g/mol. The van der Waals surface area contributed by atoms with E-state index in [1.807, 2.05) is 0 Å². The number of carbonyl (C=O) groups is 1. The molecule has 1 amide bonds. The molecule has 0 fully saturated rings. The molecule has 2 aromatic carbocycles. The number of nitrogens with one attached hydrogen (secondary N) is 1. The van der Waals surface area contributed by atoms with Gasteiger partial charge in [0.2, 0.25) is 0 Å². The Labute approximate surface area is 112 Å². The molecule has 0 saturated heterocycles.